The summed E-state index contributed by atoms with van der Waals surface area (Å²) in [5, 5.41) is 0. The number of thiazole rings is 1. The van der Waals surface area contributed by atoms with Gasteiger partial charge >= 0.3 is 5.97 Å². The Labute approximate surface area is 218 Å². The van der Waals surface area contributed by atoms with Crippen LogP contribution >= 0.6 is 11.3 Å². The first-order chi connectivity index (χ1) is 17.6. The van der Waals surface area contributed by atoms with Crippen molar-refractivity contribution in [3.8, 4) is 0 Å². The molecule has 2 aromatic carbocycles. The highest BCUT2D eigenvalue weighted by Crippen LogP contribution is 2.23. The van der Waals surface area contributed by atoms with E-state index in [1.165, 1.54) is 28.6 Å². The fourth-order valence-corrected chi connectivity index (χ4v) is 6.23. The zero-order chi connectivity index (χ0) is 27.2. The molecule has 0 radical (unpaired) electrons. The molecule has 1 amide bonds. The third-order valence-electron chi connectivity index (χ3n) is 5.67. The molecule has 0 spiro atoms. The highest BCUT2D eigenvalue weighted by Gasteiger charge is 2.24. The summed E-state index contributed by atoms with van der Waals surface area (Å²) < 4.78 is 62.0. The van der Waals surface area contributed by atoms with E-state index in [2.05, 4.69) is 9.73 Å². The minimum atomic E-state index is -3.74. The summed E-state index contributed by atoms with van der Waals surface area (Å²) in [6.07, 6.45) is 3.20. The van der Waals surface area contributed by atoms with E-state index in [1.807, 2.05) is 13.8 Å². The number of methoxy groups -OCH3 is 1. The Kier molecular flexibility index (Phi) is 9.68. The molecule has 1 heterocycles. The van der Waals surface area contributed by atoms with E-state index in [9.17, 15) is 26.8 Å². The number of hydrogen-bond acceptors (Lipinski definition) is 6. The van der Waals surface area contributed by atoms with Crippen LogP contribution in [0.25, 0.3) is 10.2 Å². The highest BCUT2D eigenvalue weighted by atomic mass is 32.2. The largest absolute Gasteiger partial charge is 0.468 e. The minimum Gasteiger partial charge on any atom is -0.468 e. The van der Waals surface area contributed by atoms with Crippen LogP contribution in [0.5, 0.6) is 0 Å². The maximum absolute atomic E-state index is 14.5. The van der Waals surface area contributed by atoms with E-state index in [-0.39, 0.29) is 25.5 Å². The van der Waals surface area contributed by atoms with Gasteiger partial charge in [-0.1, -0.05) is 38.0 Å². The summed E-state index contributed by atoms with van der Waals surface area (Å²) in [7, 11) is -2.57. The van der Waals surface area contributed by atoms with E-state index in [0.717, 1.165) is 54.8 Å². The van der Waals surface area contributed by atoms with Gasteiger partial charge in [-0.15, -0.1) is 0 Å². The molecule has 0 saturated carbocycles. The average Bonchev–Trinajstić information content (AvgIpc) is 3.20. The second kappa shape index (κ2) is 12.5. The summed E-state index contributed by atoms with van der Waals surface area (Å²) in [4.78, 5) is 28.9. The number of amides is 1. The first-order valence-electron chi connectivity index (χ1n) is 11.9. The van der Waals surface area contributed by atoms with Gasteiger partial charge in [0.15, 0.2) is 10.6 Å². The van der Waals surface area contributed by atoms with E-state index < -0.39 is 40.1 Å². The molecule has 200 valence electrons. The SMILES string of the molecule is CCCCN(CCCC)S(=O)(=O)c1ccc(C(=O)N=c2sc3cc(F)cc(F)c3n2CC(=O)OC)cc1. The number of esters is 1. The fourth-order valence-electron chi connectivity index (χ4n) is 3.65. The number of unbranched alkanes of at least 4 members (excludes halogenated alkanes) is 2. The fraction of sp³-hybridized carbons (Fsp3) is 0.400. The second-order valence-electron chi connectivity index (χ2n) is 8.33. The summed E-state index contributed by atoms with van der Waals surface area (Å²) in [5.74, 6) is -3.15. The number of carbonyl (C=O) groups excluding carboxylic acids is 2. The molecule has 0 bridgehead atoms. The quantitative estimate of drug-likeness (QED) is 0.326. The molecular formula is C25H29F2N3O5S2. The molecule has 0 saturated heterocycles. The van der Waals surface area contributed by atoms with Crippen LogP contribution in [0.15, 0.2) is 46.3 Å². The van der Waals surface area contributed by atoms with Gasteiger partial charge in [0.25, 0.3) is 5.91 Å². The predicted molar refractivity (Wildman–Crippen MR) is 137 cm³/mol. The van der Waals surface area contributed by atoms with Crippen LogP contribution in [0, 0.1) is 11.6 Å². The van der Waals surface area contributed by atoms with Crippen molar-refractivity contribution in [1.29, 1.82) is 0 Å². The third kappa shape index (κ3) is 6.68. The molecule has 0 aliphatic heterocycles. The van der Waals surface area contributed by atoms with Gasteiger partial charge in [0.2, 0.25) is 10.0 Å². The lowest BCUT2D eigenvalue weighted by atomic mass is 10.2. The van der Waals surface area contributed by atoms with E-state index >= 15 is 0 Å². The van der Waals surface area contributed by atoms with Gasteiger partial charge in [-0.25, -0.2) is 17.2 Å². The molecule has 0 fully saturated rings. The molecule has 1 aromatic heterocycles. The van der Waals surface area contributed by atoms with Crippen molar-refractivity contribution >= 4 is 43.5 Å². The van der Waals surface area contributed by atoms with Gasteiger partial charge in [0.1, 0.15) is 12.4 Å². The number of ether oxygens (including phenoxy) is 1. The molecule has 0 N–H and O–H groups in total. The Morgan fingerprint density at radius 3 is 2.24 bits per heavy atom. The Morgan fingerprint density at radius 2 is 1.68 bits per heavy atom. The van der Waals surface area contributed by atoms with Crippen LogP contribution in [-0.2, 0) is 26.1 Å². The monoisotopic (exact) mass is 553 g/mol. The molecular weight excluding hydrogens is 524 g/mol. The Balaban J connectivity index is 1.97. The second-order valence-corrected chi connectivity index (χ2v) is 11.3. The van der Waals surface area contributed by atoms with Gasteiger partial charge in [-0.05, 0) is 43.2 Å². The van der Waals surface area contributed by atoms with Gasteiger partial charge in [-0.2, -0.15) is 9.30 Å². The lowest BCUT2D eigenvalue weighted by Gasteiger charge is -2.22. The minimum absolute atomic E-state index is 0.0306. The standard InChI is InChI=1S/C25H29F2N3O5S2/c1-4-6-12-29(13-7-5-2)37(33,34)19-10-8-17(9-11-19)24(32)28-25-30(16-22(31)35-3)23-20(27)14-18(26)15-21(23)36-25/h8-11,14-15H,4-7,12-13,16H2,1-3H3. The normalized spacial score (nSPS) is 12.4. The topological polar surface area (TPSA) is 98.0 Å². The van der Waals surface area contributed by atoms with Gasteiger partial charge in [0.05, 0.1) is 22.2 Å². The molecule has 0 unspecified atom stereocenters. The number of benzene rings is 2. The van der Waals surface area contributed by atoms with Crippen molar-refractivity contribution < 1.29 is 31.5 Å². The highest BCUT2D eigenvalue weighted by molar-refractivity contribution is 7.89. The lowest BCUT2D eigenvalue weighted by molar-refractivity contribution is -0.141. The van der Waals surface area contributed by atoms with Crippen molar-refractivity contribution in [2.75, 3.05) is 20.2 Å². The molecule has 0 atom stereocenters. The van der Waals surface area contributed by atoms with Crippen molar-refractivity contribution in [3.05, 3.63) is 58.4 Å². The maximum atomic E-state index is 14.5. The summed E-state index contributed by atoms with van der Waals surface area (Å²) in [6.45, 7) is 4.37. The van der Waals surface area contributed by atoms with Crippen molar-refractivity contribution in [1.82, 2.24) is 8.87 Å². The zero-order valence-corrected chi connectivity index (χ0v) is 22.5. The molecule has 37 heavy (non-hydrogen) atoms. The number of aromatic nitrogens is 1. The number of nitrogens with zero attached hydrogens (tertiary/aromatic N) is 3. The van der Waals surface area contributed by atoms with Crippen molar-refractivity contribution in [3.63, 3.8) is 0 Å². The summed E-state index contributed by atoms with van der Waals surface area (Å²) in [6, 6.07) is 7.18. The Hall–Kier alpha value is -2.96. The zero-order valence-electron chi connectivity index (χ0n) is 20.9. The number of sulfonamides is 1. The number of halogens is 2. The lowest BCUT2D eigenvalue weighted by Crippen LogP contribution is -2.33. The van der Waals surface area contributed by atoms with Gasteiger partial charge in [-0.3, -0.25) is 9.59 Å². The number of rotatable bonds is 11. The summed E-state index contributed by atoms with van der Waals surface area (Å²) in [5.41, 5.74) is 0.0189. The third-order valence-corrected chi connectivity index (χ3v) is 8.61. The molecule has 0 aliphatic rings. The van der Waals surface area contributed by atoms with Crippen LogP contribution in [0.4, 0.5) is 8.78 Å². The summed E-state index contributed by atoms with van der Waals surface area (Å²) >= 11 is 0.839. The number of carbonyl (C=O) groups is 2. The van der Waals surface area contributed by atoms with E-state index in [0.29, 0.717) is 19.2 Å². The smallest absolute Gasteiger partial charge is 0.325 e. The van der Waals surface area contributed by atoms with Crippen LogP contribution in [-0.4, -0.2) is 49.4 Å². The first-order valence-corrected chi connectivity index (χ1v) is 14.1. The Bertz CT molecular complexity index is 1440. The molecule has 0 aliphatic carbocycles. The predicted octanol–water partition coefficient (Wildman–Crippen LogP) is 4.49. The first kappa shape index (κ1) is 28.6. The number of fused-ring (bicyclic) bond motifs is 1. The van der Waals surface area contributed by atoms with Gasteiger partial charge < -0.3 is 9.30 Å². The maximum Gasteiger partial charge on any atom is 0.325 e. The molecule has 8 nitrogen and oxygen atoms in total. The Morgan fingerprint density at radius 1 is 1.05 bits per heavy atom. The van der Waals surface area contributed by atoms with E-state index in [1.54, 1.807) is 0 Å². The average molecular weight is 554 g/mol. The van der Waals surface area contributed by atoms with Crippen LogP contribution < -0.4 is 4.80 Å². The van der Waals surface area contributed by atoms with E-state index in [4.69, 9.17) is 0 Å². The molecule has 3 rings (SSSR count). The molecule has 12 heteroatoms. The van der Waals surface area contributed by atoms with Crippen LogP contribution in [0.3, 0.4) is 0 Å². The van der Waals surface area contributed by atoms with Crippen LogP contribution in [0.2, 0.25) is 0 Å². The van der Waals surface area contributed by atoms with Gasteiger partial charge in [0, 0.05) is 24.7 Å². The molecule has 3 aromatic rings. The van der Waals surface area contributed by atoms with Crippen molar-refractivity contribution in [2.45, 2.75) is 51.0 Å². The van der Waals surface area contributed by atoms with Crippen LogP contribution in [0.1, 0.15) is 49.9 Å². The number of hydrogen-bond donors (Lipinski definition) is 0. The van der Waals surface area contributed by atoms with Crippen molar-refractivity contribution in [2.24, 2.45) is 4.99 Å².